The Bertz CT molecular complexity index is 685. The summed E-state index contributed by atoms with van der Waals surface area (Å²) < 4.78 is 1.77. The van der Waals surface area contributed by atoms with E-state index < -0.39 is 0 Å². The van der Waals surface area contributed by atoms with Crippen LogP contribution in [0.15, 0.2) is 24.4 Å². The molecule has 1 aliphatic rings. The van der Waals surface area contributed by atoms with E-state index in [1.54, 1.807) is 4.68 Å². The van der Waals surface area contributed by atoms with Crippen molar-refractivity contribution in [2.45, 2.75) is 38.8 Å². The zero-order valence-electron chi connectivity index (χ0n) is 15.5. The first-order chi connectivity index (χ1) is 12.0. The minimum Gasteiger partial charge on any atom is -0.302 e. The molecule has 5 nitrogen and oxygen atoms in total. The van der Waals surface area contributed by atoms with E-state index >= 15 is 0 Å². The van der Waals surface area contributed by atoms with Crippen molar-refractivity contribution >= 4 is 11.6 Å². The minimum absolute atomic E-state index is 0.591. The van der Waals surface area contributed by atoms with Gasteiger partial charge < -0.3 is 4.90 Å². The first-order valence-corrected chi connectivity index (χ1v) is 9.43. The SMILES string of the molecule is Cc1nn(C)c(Cl)c1CN1CCCC(N(C)CCc2ccccn2)C1. The number of likely N-dealkylation sites (N-methyl/N-ethyl adjacent to an activating group) is 1. The third-order valence-electron chi connectivity index (χ3n) is 5.20. The number of nitrogens with zero attached hydrogens (tertiary/aromatic N) is 5. The van der Waals surface area contributed by atoms with E-state index in [0.29, 0.717) is 6.04 Å². The zero-order valence-corrected chi connectivity index (χ0v) is 16.2. The lowest BCUT2D eigenvalue weighted by Crippen LogP contribution is -2.46. The van der Waals surface area contributed by atoms with E-state index in [-0.39, 0.29) is 0 Å². The number of halogens is 1. The van der Waals surface area contributed by atoms with Gasteiger partial charge in [-0.15, -0.1) is 0 Å². The van der Waals surface area contributed by atoms with Gasteiger partial charge in [0.05, 0.1) is 5.69 Å². The molecule has 2 aromatic heterocycles. The number of aryl methyl sites for hydroxylation is 2. The van der Waals surface area contributed by atoms with Crippen molar-refractivity contribution in [3.05, 3.63) is 46.5 Å². The maximum atomic E-state index is 6.41. The van der Waals surface area contributed by atoms with Crippen LogP contribution in [0.4, 0.5) is 0 Å². The van der Waals surface area contributed by atoms with Crippen LogP contribution in [0, 0.1) is 6.92 Å². The summed E-state index contributed by atoms with van der Waals surface area (Å²) in [5.74, 6) is 0. The number of aromatic nitrogens is 3. The molecule has 0 saturated carbocycles. The van der Waals surface area contributed by atoms with E-state index in [1.807, 2.05) is 26.2 Å². The van der Waals surface area contributed by atoms with Gasteiger partial charge in [0.2, 0.25) is 0 Å². The number of likely N-dealkylation sites (tertiary alicyclic amines) is 1. The van der Waals surface area contributed by atoms with Crippen molar-refractivity contribution in [1.82, 2.24) is 24.6 Å². The molecule has 0 N–H and O–H groups in total. The van der Waals surface area contributed by atoms with Gasteiger partial charge in [0.1, 0.15) is 5.15 Å². The molecule has 0 amide bonds. The predicted molar refractivity (Wildman–Crippen MR) is 102 cm³/mol. The summed E-state index contributed by atoms with van der Waals surface area (Å²) >= 11 is 6.41. The van der Waals surface area contributed by atoms with Gasteiger partial charge in [0.25, 0.3) is 0 Å². The molecule has 136 valence electrons. The van der Waals surface area contributed by atoms with Gasteiger partial charge in [-0.05, 0) is 45.5 Å². The Morgan fingerprint density at radius 1 is 1.36 bits per heavy atom. The standard InChI is InChI=1S/C19H28ClN5/c1-15-18(19(20)24(3)22-15)14-25-11-6-8-17(13-25)23(2)12-9-16-7-4-5-10-21-16/h4-5,7,10,17H,6,8-9,11-14H2,1-3H3. The molecule has 0 aliphatic carbocycles. The van der Waals surface area contributed by atoms with E-state index in [4.69, 9.17) is 11.6 Å². The van der Waals surface area contributed by atoms with Gasteiger partial charge in [-0.25, -0.2) is 0 Å². The second-order valence-electron chi connectivity index (χ2n) is 7.06. The average Bonchev–Trinajstić information content (AvgIpc) is 2.87. The Hall–Kier alpha value is -1.43. The third kappa shape index (κ3) is 4.60. The van der Waals surface area contributed by atoms with E-state index in [1.165, 1.54) is 24.1 Å². The largest absolute Gasteiger partial charge is 0.302 e. The third-order valence-corrected chi connectivity index (χ3v) is 5.68. The van der Waals surface area contributed by atoms with E-state index in [0.717, 1.165) is 43.4 Å². The Labute approximate surface area is 155 Å². The van der Waals surface area contributed by atoms with E-state index in [9.17, 15) is 0 Å². The number of piperidine rings is 1. The highest BCUT2D eigenvalue weighted by atomic mass is 35.5. The Kier molecular flexibility index (Phi) is 6.10. The molecule has 3 heterocycles. The fourth-order valence-electron chi connectivity index (χ4n) is 3.63. The smallest absolute Gasteiger partial charge is 0.131 e. The molecule has 1 fully saturated rings. The van der Waals surface area contributed by atoms with Crippen LogP contribution in [0.25, 0.3) is 0 Å². The van der Waals surface area contributed by atoms with Gasteiger partial charge in [0.15, 0.2) is 0 Å². The maximum absolute atomic E-state index is 6.41. The molecule has 1 saturated heterocycles. The van der Waals surface area contributed by atoms with Crippen molar-refractivity contribution in [2.75, 3.05) is 26.7 Å². The first-order valence-electron chi connectivity index (χ1n) is 9.05. The van der Waals surface area contributed by atoms with Crippen molar-refractivity contribution in [2.24, 2.45) is 7.05 Å². The van der Waals surface area contributed by atoms with Crippen molar-refractivity contribution in [3.63, 3.8) is 0 Å². The molecular weight excluding hydrogens is 334 g/mol. The number of rotatable bonds is 6. The highest BCUT2D eigenvalue weighted by Crippen LogP contribution is 2.23. The summed E-state index contributed by atoms with van der Waals surface area (Å²) in [5, 5.41) is 5.20. The number of pyridine rings is 1. The molecule has 0 aromatic carbocycles. The average molecular weight is 362 g/mol. The lowest BCUT2D eigenvalue weighted by Gasteiger charge is -2.37. The lowest BCUT2D eigenvalue weighted by atomic mass is 10.0. The van der Waals surface area contributed by atoms with Crippen LogP contribution in [-0.2, 0) is 20.0 Å². The number of hydrogen-bond acceptors (Lipinski definition) is 4. The highest BCUT2D eigenvalue weighted by molar-refractivity contribution is 6.30. The molecule has 1 aliphatic heterocycles. The van der Waals surface area contributed by atoms with Gasteiger partial charge in [0, 0.05) is 56.6 Å². The van der Waals surface area contributed by atoms with Gasteiger partial charge in [-0.1, -0.05) is 17.7 Å². The maximum Gasteiger partial charge on any atom is 0.131 e. The molecular formula is C19H28ClN5. The molecule has 3 rings (SSSR count). The van der Waals surface area contributed by atoms with Crippen molar-refractivity contribution in [1.29, 1.82) is 0 Å². The fourth-order valence-corrected chi connectivity index (χ4v) is 3.87. The quantitative estimate of drug-likeness (QED) is 0.792. The van der Waals surface area contributed by atoms with E-state index in [2.05, 4.69) is 39.1 Å². The summed E-state index contributed by atoms with van der Waals surface area (Å²) in [6.45, 7) is 6.20. The zero-order chi connectivity index (χ0) is 17.8. The van der Waals surface area contributed by atoms with Crippen LogP contribution in [-0.4, -0.2) is 57.3 Å². The molecule has 25 heavy (non-hydrogen) atoms. The van der Waals surface area contributed by atoms with Crippen molar-refractivity contribution < 1.29 is 0 Å². The van der Waals surface area contributed by atoms with Crippen LogP contribution in [0.5, 0.6) is 0 Å². The molecule has 0 bridgehead atoms. The van der Waals surface area contributed by atoms with Gasteiger partial charge >= 0.3 is 0 Å². The topological polar surface area (TPSA) is 37.2 Å². The minimum atomic E-state index is 0.591. The summed E-state index contributed by atoms with van der Waals surface area (Å²) in [7, 11) is 4.14. The normalized spacial score (nSPS) is 18.8. The van der Waals surface area contributed by atoms with Crippen LogP contribution < -0.4 is 0 Å². The first kappa shape index (κ1) is 18.4. The van der Waals surface area contributed by atoms with Gasteiger partial charge in [-0.3, -0.25) is 14.6 Å². The molecule has 6 heteroatoms. The fraction of sp³-hybridized carbons (Fsp3) is 0.579. The lowest BCUT2D eigenvalue weighted by molar-refractivity contribution is 0.112. The Morgan fingerprint density at radius 2 is 2.20 bits per heavy atom. The monoisotopic (exact) mass is 361 g/mol. The summed E-state index contributed by atoms with van der Waals surface area (Å²) in [5.41, 5.74) is 3.37. The second kappa shape index (κ2) is 8.30. The Balaban J connectivity index is 1.55. The van der Waals surface area contributed by atoms with Crippen molar-refractivity contribution in [3.8, 4) is 0 Å². The molecule has 0 radical (unpaired) electrons. The Morgan fingerprint density at radius 3 is 2.88 bits per heavy atom. The molecule has 2 aromatic rings. The molecule has 0 spiro atoms. The summed E-state index contributed by atoms with van der Waals surface area (Å²) in [6.07, 6.45) is 5.36. The second-order valence-corrected chi connectivity index (χ2v) is 7.42. The molecule has 1 atom stereocenters. The highest BCUT2D eigenvalue weighted by Gasteiger charge is 2.25. The van der Waals surface area contributed by atoms with Crippen LogP contribution in [0.2, 0.25) is 5.15 Å². The van der Waals surface area contributed by atoms with Crippen LogP contribution >= 0.6 is 11.6 Å². The molecule has 1 unspecified atom stereocenters. The van der Waals surface area contributed by atoms with Crippen LogP contribution in [0.3, 0.4) is 0 Å². The van der Waals surface area contributed by atoms with Crippen LogP contribution in [0.1, 0.15) is 29.8 Å². The predicted octanol–water partition coefficient (Wildman–Crippen LogP) is 2.92. The van der Waals surface area contributed by atoms with Gasteiger partial charge in [-0.2, -0.15) is 5.10 Å². The summed E-state index contributed by atoms with van der Waals surface area (Å²) in [6, 6.07) is 6.73. The number of hydrogen-bond donors (Lipinski definition) is 0. The summed E-state index contributed by atoms with van der Waals surface area (Å²) in [4.78, 5) is 9.43.